The predicted octanol–water partition coefficient (Wildman–Crippen LogP) is 16.2. The fourth-order valence-corrected chi connectivity index (χ4v) is 6.43. The quantitative estimate of drug-likeness (QED) is 0.0263. The summed E-state index contributed by atoms with van der Waals surface area (Å²) in [7, 11) is 0. The lowest BCUT2D eigenvalue weighted by molar-refractivity contribution is -0.167. The minimum Gasteiger partial charge on any atom is -0.462 e. The number of esters is 3. The summed E-state index contributed by atoms with van der Waals surface area (Å²) >= 11 is 0. The molecular weight excluding hydrogens is 757 g/mol. The Balaban J connectivity index is 4.51. The Kier molecular flexibility index (Phi) is 46.0. The molecule has 0 aliphatic carbocycles. The van der Waals surface area contributed by atoms with E-state index in [1.165, 1.54) is 51.4 Å². The number of ether oxygens (including phenoxy) is 3. The van der Waals surface area contributed by atoms with Crippen LogP contribution in [0, 0.1) is 0 Å². The second kappa shape index (κ2) is 49.0. The number of hydrogen-bond donors (Lipinski definition) is 0. The lowest BCUT2D eigenvalue weighted by Crippen LogP contribution is -2.30. The molecule has 346 valence electrons. The molecule has 6 nitrogen and oxygen atoms in total. The molecular formula is C55H90O6. The van der Waals surface area contributed by atoms with Crippen molar-refractivity contribution in [2.75, 3.05) is 13.2 Å². The molecule has 0 unspecified atom stereocenters. The van der Waals surface area contributed by atoms with Crippen LogP contribution in [-0.2, 0) is 28.6 Å². The molecule has 1 atom stereocenters. The zero-order chi connectivity index (χ0) is 44.4. The summed E-state index contributed by atoms with van der Waals surface area (Å²) in [5.74, 6) is -0.986. The van der Waals surface area contributed by atoms with Crippen molar-refractivity contribution >= 4 is 17.9 Å². The summed E-state index contributed by atoms with van der Waals surface area (Å²) < 4.78 is 16.7. The van der Waals surface area contributed by atoms with E-state index in [9.17, 15) is 14.4 Å². The molecule has 0 aliphatic rings. The van der Waals surface area contributed by atoms with Crippen LogP contribution >= 0.6 is 0 Å². The molecule has 0 N–H and O–H groups in total. The number of rotatable bonds is 43. The number of unbranched alkanes of at least 4 members (excludes halogenated alkanes) is 16. The first-order chi connectivity index (χ1) is 30.0. The molecule has 0 aromatic heterocycles. The largest absolute Gasteiger partial charge is 0.462 e. The van der Waals surface area contributed by atoms with Crippen LogP contribution in [-0.4, -0.2) is 37.2 Å². The molecule has 0 saturated heterocycles. The number of allylic oxidation sites excluding steroid dienone is 16. The average molecular weight is 847 g/mol. The fraction of sp³-hybridized carbons (Fsp3) is 0.655. The third kappa shape index (κ3) is 47.2. The molecule has 0 radical (unpaired) electrons. The normalized spacial score (nSPS) is 12.9. The second-order valence-corrected chi connectivity index (χ2v) is 16.0. The highest BCUT2D eigenvalue weighted by Gasteiger charge is 2.19. The molecule has 0 aliphatic heterocycles. The van der Waals surface area contributed by atoms with Gasteiger partial charge in [0.25, 0.3) is 0 Å². The third-order valence-electron chi connectivity index (χ3n) is 10.1. The summed E-state index contributed by atoms with van der Waals surface area (Å²) in [5.41, 5.74) is 0. The van der Waals surface area contributed by atoms with Gasteiger partial charge in [0, 0.05) is 19.3 Å². The SMILES string of the molecule is CC/C=C\C/C=C\C/C=C\C/C=C\C/C=C\CCCC(=O)OC[C@H](COC(=O)CCCCCCCCCCCCC)OC(=O)CCCCCCC/C=C\C/C=C\C/C=C\CC. The van der Waals surface area contributed by atoms with E-state index in [1.807, 2.05) is 0 Å². The van der Waals surface area contributed by atoms with Gasteiger partial charge in [-0.25, -0.2) is 0 Å². The lowest BCUT2D eigenvalue weighted by atomic mass is 10.1. The van der Waals surface area contributed by atoms with Crippen LogP contribution in [0.25, 0.3) is 0 Å². The maximum atomic E-state index is 12.8. The summed E-state index contributed by atoms with van der Waals surface area (Å²) in [6.45, 7) is 6.33. The summed E-state index contributed by atoms with van der Waals surface area (Å²) in [6, 6.07) is 0. The molecule has 0 aromatic carbocycles. The molecule has 0 amide bonds. The summed E-state index contributed by atoms with van der Waals surface area (Å²) in [5, 5.41) is 0. The van der Waals surface area contributed by atoms with E-state index in [2.05, 4.69) is 118 Å². The third-order valence-corrected chi connectivity index (χ3v) is 10.1. The Morgan fingerprint density at radius 1 is 0.344 bits per heavy atom. The van der Waals surface area contributed by atoms with Gasteiger partial charge in [-0.1, -0.05) is 201 Å². The van der Waals surface area contributed by atoms with Crippen molar-refractivity contribution in [3.8, 4) is 0 Å². The molecule has 0 rings (SSSR count). The van der Waals surface area contributed by atoms with Gasteiger partial charge in [0.05, 0.1) is 0 Å². The maximum absolute atomic E-state index is 12.8. The topological polar surface area (TPSA) is 78.9 Å². The Morgan fingerprint density at radius 2 is 0.656 bits per heavy atom. The zero-order valence-electron chi connectivity index (χ0n) is 39.4. The fourth-order valence-electron chi connectivity index (χ4n) is 6.43. The van der Waals surface area contributed by atoms with Gasteiger partial charge in [-0.05, 0) is 89.9 Å². The highest BCUT2D eigenvalue weighted by molar-refractivity contribution is 5.71. The molecule has 61 heavy (non-hydrogen) atoms. The standard InChI is InChI=1S/C55H90O6/c1-4-7-10-13-16-19-22-24-26-27-29-30-33-36-39-42-45-48-54(57)60-51-52(50-59-53(56)47-44-41-38-35-32-21-18-15-12-9-6-3)61-55(58)49-46-43-40-37-34-31-28-25-23-20-17-14-11-8-5-2/h7-8,10-11,16-17,19-20,24-26,28-30,36,39,52H,4-6,9,12-15,18,21-23,27,31-35,37-38,40-51H2,1-3H3/b10-7-,11-8-,19-16-,20-17-,26-24-,28-25-,30-29-,39-36-/t52-/m0/s1. The van der Waals surface area contributed by atoms with Gasteiger partial charge in [-0.2, -0.15) is 0 Å². The Hall–Kier alpha value is -3.67. The smallest absolute Gasteiger partial charge is 0.306 e. The van der Waals surface area contributed by atoms with Crippen LogP contribution in [0.15, 0.2) is 97.2 Å². The number of carbonyl (C=O) groups excluding carboxylic acids is 3. The van der Waals surface area contributed by atoms with Crippen molar-refractivity contribution < 1.29 is 28.6 Å². The van der Waals surface area contributed by atoms with Crippen molar-refractivity contribution in [3.63, 3.8) is 0 Å². The van der Waals surface area contributed by atoms with E-state index < -0.39 is 6.10 Å². The van der Waals surface area contributed by atoms with Gasteiger partial charge in [0.2, 0.25) is 0 Å². The van der Waals surface area contributed by atoms with Crippen LogP contribution in [0.2, 0.25) is 0 Å². The number of carbonyl (C=O) groups is 3. The van der Waals surface area contributed by atoms with Crippen molar-refractivity contribution in [2.24, 2.45) is 0 Å². The van der Waals surface area contributed by atoms with Crippen molar-refractivity contribution in [1.82, 2.24) is 0 Å². The highest BCUT2D eigenvalue weighted by Crippen LogP contribution is 2.14. The van der Waals surface area contributed by atoms with Crippen LogP contribution in [0.1, 0.15) is 213 Å². The Bertz CT molecular complexity index is 1250. The first kappa shape index (κ1) is 57.3. The summed E-state index contributed by atoms with van der Waals surface area (Å²) in [4.78, 5) is 37.9. The van der Waals surface area contributed by atoms with Gasteiger partial charge >= 0.3 is 17.9 Å². The van der Waals surface area contributed by atoms with Crippen molar-refractivity contribution in [2.45, 2.75) is 219 Å². The van der Waals surface area contributed by atoms with E-state index in [0.29, 0.717) is 19.3 Å². The summed E-state index contributed by atoms with van der Waals surface area (Å²) in [6.07, 6.45) is 63.9. The van der Waals surface area contributed by atoms with E-state index in [-0.39, 0.29) is 37.5 Å². The minimum absolute atomic E-state index is 0.102. The van der Waals surface area contributed by atoms with Gasteiger partial charge in [-0.3, -0.25) is 14.4 Å². The zero-order valence-corrected chi connectivity index (χ0v) is 39.4. The van der Waals surface area contributed by atoms with Gasteiger partial charge in [-0.15, -0.1) is 0 Å². The Morgan fingerprint density at radius 3 is 1.07 bits per heavy atom. The van der Waals surface area contributed by atoms with E-state index in [1.54, 1.807) is 0 Å². The monoisotopic (exact) mass is 847 g/mol. The van der Waals surface area contributed by atoms with Gasteiger partial charge < -0.3 is 14.2 Å². The predicted molar refractivity (Wildman–Crippen MR) is 260 cm³/mol. The Labute approximate surface area is 375 Å². The van der Waals surface area contributed by atoms with Crippen molar-refractivity contribution in [1.29, 1.82) is 0 Å². The molecule has 0 aromatic rings. The first-order valence-electron chi connectivity index (χ1n) is 24.7. The maximum Gasteiger partial charge on any atom is 0.306 e. The minimum atomic E-state index is -0.807. The number of hydrogen-bond acceptors (Lipinski definition) is 6. The van der Waals surface area contributed by atoms with Crippen LogP contribution in [0.3, 0.4) is 0 Å². The average Bonchev–Trinajstić information content (AvgIpc) is 3.26. The van der Waals surface area contributed by atoms with Gasteiger partial charge in [0.15, 0.2) is 6.10 Å². The van der Waals surface area contributed by atoms with Crippen LogP contribution in [0.4, 0.5) is 0 Å². The molecule has 6 heteroatoms. The van der Waals surface area contributed by atoms with Crippen LogP contribution < -0.4 is 0 Å². The lowest BCUT2D eigenvalue weighted by Gasteiger charge is -2.18. The second-order valence-electron chi connectivity index (χ2n) is 16.0. The highest BCUT2D eigenvalue weighted by atomic mass is 16.6. The molecule has 0 heterocycles. The van der Waals surface area contributed by atoms with Crippen LogP contribution in [0.5, 0.6) is 0 Å². The molecule has 0 saturated carbocycles. The van der Waals surface area contributed by atoms with E-state index in [4.69, 9.17) is 14.2 Å². The first-order valence-corrected chi connectivity index (χ1v) is 24.7. The van der Waals surface area contributed by atoms with Gasteiger partial charge in [0.1, 0.15) is 13.2 Å². The molecule has 0 spiro atoms. The molecule has 0 bridgehead atoms. The molecule has 0 fully saturated rings. The van der Waals surface area contributed by atoms with E-state index >= 15 is 0 Å². The van der Waals surface area contributed by atoms with Crippen molar-refractivity contribution in [3.05, 3.63) is 97.2 Å². The van der Waals surface area contributed by atoms with E-state index in [0.717, 1.165) is 116 Å².